The minimum atomic E-state index is -2.34. The van der Waals surface area contributed by atoms with Gasteiger partial charge in [0.25, 0.3) is 0 Å². The molecule has 3 aromatic rings. The molecule has 3 rings (SSSR count). The van der Waals surface area contributed by atoms with Crippen LogP contribution in [0, 0.1) is 39.2 Å². The van der Waals surface area contributed by atoms with Crippen molar-refractivity contribution >= 4 is 49.9 Å². The van der Waals surface area contributed by atoms with Gasteiger partial charge in [0.15, 0.2) is 33.5 Å². The first-order valence-electron chi connectivity index (χ1n) is 8.35. The molecular formula is C16H8F5N5O5S2. The third kappa shape index (κ3) is 5.55. The van der Waals surface area contributed by atoms with Crippen molar-refractivity contribution in [2.24, 2.45) is 0 Å². The van der Waals surface area contributed by atoms with E-state index in [4.69, 9.17) is 0 Å². The highest BCUT2D eigenvalue weighted by molar-refractivity contribution is 7.18. The Balaban J connectivity index is 1.54. The fourth-order valence-electron chi connectivity index (χ4n) is 2.22. The Morgan fingerprint density at radius 1 is 1.03 bits per heavy atom. The fourth-order valence-corrected chi connectivity index (χ4v) is 3.56. The van der Waals surface area contributed by atoms with Crippen molar-refractivity contribution in [1.29, 1.82) is 0 Å². The first-order valence-corrected chi connectivity index (χ1v) is 10.0. The summed E-state index contributed by atoms with van der Waals surface area (Å²) < 4.78 is 71.0. The lowest BCUT2D eigenvalue weighted by molar-refractivity contribution is -0.380. The lowest BCUT2D eigenvalue weighted by Crippen LogP contribution is -2.16. The highest BCUT2D eigenvalue weighted by atomic mass is 32.1. The molecule has 0 aliphatic rings. The predicted molar refractivity (Wildman–Crippen MR) is 103 cm³/mol. The normalized spacial score (nSPS) is 10.7. The van der Waals surface area contributed by atoms with E-state index in [-0.39, 0.29) is 27.4 Å². The number of benzene rings is 1. The molecule has 0 saturated heterocycles. The molecule has 17 heteroatoms. The van der Waals surface area contributed by atoms with Gasteiger partial charge in [0.1, 0.15) is 12.8 Å². The van der Waals surface area contributed by atoms with Gasteiger partial charge in [-0.1, -0.05) is 0 Å². The second-order valence-electron chi connectivity index (χ2n) is 5.88. The SMILES string of the molecule is O=C(Cc1csc(NC(=O)OCc2c(F)c(F)c(F)c(F)c2F)n1)Nc1ncc([N+](=O)[O-])s1. The smallest absolute Gasteiger partial charge is 0.413 e. The molecule has 0 fully saturated rings. The van der Waals surface area contributed by atoms with E-state index in [1.807, 2.05) is 0 Å². The van der Waals surface area contributed by atoms with Gasteiger partial charge in [0, 0.05) is 5.38 Å². The summed E-state index contributed by atoms with van der Waals surface area (Å²) in [6.45, 7) is -1.25. The van der Waals surface area contributed by atoms with Crippen LogP contribution < -0.4 is 10.6 Å². The Hall–Kier alpha value is -3.73. The third-order valence-electron chi connectivity index (χ3n) is 3.67. The second kappa shape index (κ2) is 9.82. The molecular weight excluding hydrogens is 501 g/mol. The minimum Gasteiger partial charge on any atom is -0.444 e. The van der Waals surface area contributed by atoms with Gasteiger partial charge >= 0.3 is 11.1 Å². The van der Waals surface area contributed by atoms with E-state index in [2.05, 4.69) is 25.3 Å². The molecule has 0 unspecified atom stereocenters. The summed E-state index contributed by atoms with van der Waals surface area (Å²) in [6.07, 6.45) is -0.617. The summed E-state index contributed by atoms with van der Waals surface area (Å²) in [6, 6.07) is 0. The summed E-state index contributed by atoms with van der Waals surface area (Å²) in [4.78, 5) is 41.2. The molecule has 174 valence electrons. The number of halogens is 5. The zero-order valence-electron chi connectivity index (χ0n) is 15.7. The molecule has 33 heavy (non-hydrogen) atoms. The average molecular weight is 509 g/mol. The van der Waals surface area contributed by atoms with Crippen molar-refractivity contribution in [1.82, 2.24) is 9.97 Å². The number of thiazole rings is 2. The van der Waals surface area contributed by atoms with Crippen LogP contribution in [0.4, 0.5) is 42.0 Å². The number of nitro groups is 1. The van der Waals surface area contributed by atoms with Crippen LogP contribution in [0.1, 0.15) is 11.3 Å². The van der Waals surface area contributed by atoms with E-state index < -0.39 is 58.2 Å². The number of aromatic nitrogens is 2. The lowest BCUT2D eigenvalue weighted by Gasteiger charge is -2.09. The van der Waals surface area contributed by atoms with Gasteiger partial charge in [0.05, 0.1) is 22.6 Å². The Kier molecular flexibility index (Phi) is 7.12. The molecule has 1 aromatic carbocycles. The maximum absolute atomic E-state index is 13.6. The van der Waals surface area contributed by atoms with Gasteiger partial charge in [-0.25, -0.2) is 36.7 Å². The van der Waals surface area contributed by atoms with Gasteiger partial charge in [-0.05, 0) is 11.3 Å². The highest BCUT2D eigenvalue weighted by Crippen LogP contribution is 2.26. The summed E-state index contributed by atoms with van der Waals surface area (Å²) in [5, 5.41) is 16.0. The van der Waals surface area contributed by atoms with Crippen molar-refractivity contribution in [2.75, 3.05) is 10.6 Å². The standard InChI is InChI=1S/C16H8F5N5O5S2/c17-9-6(10(18)12(20)13(21)11(9)19)3-31-16(28)25-15-23-5(4-32-15)1-7(27)24-14-22-2-8(33-14)26(29)30/h2,4H,1,3H2,(H,22,24,27)(H,23,25,28). The summed E-state index contributed by atoms with van der Waals surface area (Å²) >= 11 is 1.49. The van der Waals surface area contributed by atoms with Crippen LogP contribution in [0.3, 0.4) is 0 Å². The van der Waals surface area contributed by atoms with Crippen molar-refractivity contribution < 1.29 is 41.2 Å². The van der Waals surface area contributed by atoms with E-state index in [1.54, 1.807) is 0 Å². The lowest BCUT2D eigenvalue weighted by atomic mass is 10.2. The molecule has 0 radical (unpaired) electrons. The maximum atomic E-state index is 13.6. The summed E-state index contributed by atoms with van der Waals surface area (Å²) in [7, 11) is 0. The molecule has 2 heterocycles. The zero-order valence-corrected chi connectivity index (χ0v) is 17.3. The molecule has 0 aliphatic carbocycles. The minimum absolute atomic E-state index is 0.00279. The van der Waals surface area contributed by atoms with Crippen LogP contribution in [-0.4, -0.2) is 26.9 Å². The number of nitrogens with zero attached hydrogens (tertiary/aromatic N) is 3. The fraction of sp³-hybridized carbons (Fsp3) is 0.125. The van der Waals surface area contributed by atoms with Gasteiger partial charge in [-0.15, -0.1) is 11.3 Å². The van der Waals surface area contributed by atoms with Crippen LogP contribution in [0.5, 0.6) is 0 Å². The molecule has 0 spiro atoms. The van der Waals surface area contributed by atoms with Crippen LogP contribution in [-0.2, 0) is 22.6 Å². The van der Waals surface area contributed by atoms with Crippen LogP contribution in [0.25, 0.3) is 0 Å². The quantitative estimate of drug-likeness (QED) is 0.161. The summed E-state index contributed by atoms with van der Waals surface area (Å²) in [5.74, 6) is -11.6. The number of carbonyl (C=O) groups is 2. The van der Waals surface area contributed by atoms with Gasteiger partial charge in [-0.2, -0.15) is 0 Å². The Morgan fingerprint density at radius 3 is 2.27 bits per heavy atom. The number of carbonyl (C=O) groups excluding carboxylic acids is 2. The number of amides is 2. The summed E-state index contributed by atoms with van der Waals surface area (Å²) in [5.41, 5.74) is -1.15. The predicted octanol–water partition coefficient (Wildman–Crippen LogP) is 4.13. The number of rotatable bonds is 7. The van der Waals surface area contributed by atoms with Crippen molar-refractivity contribution in [3.05, 3.63) is 62.0 Å². The number of nitrogens with one attached hydrogen (secondary N) is 2. The van der Waals surface area contributed by atoms with Crippen LogP contribution >= 0.6 is 22.7 Å². The second-order valence-corrected chi connectivity index (χ2v) is 7.75. The van der Waals surface area contributed by atoms with E-state index in [0.29, 0.717) is 11.3 Å². The molecule has 10 nitrogen and oxygen atoms in total. The van der Waals surface area contributed by atoms with E-state index >= 15 is 0 Å². The topological polar surface area (TPSA) is 136 Å². The molecule has 2 amide bonds. The van der Waals surface area contributed by atoms with Crippen LogP contribution in [0.2, 0.25) is 0 Å². The van der Waals surface area contributed by atoms with Crippen LogP contribution in [0.15, 0.2) is 11.6 Å². The number of hydrogen-bond donors (Lipinski definition) is 2. The highest BCUT2D eigenvalue weighted by Gasteiger charge is 2.26. The maximum Gasteiger partial charge on any atom is 0.413 e. The average Bonchev–Trinajstić information content (AvgIpc) is 3.40. The number of anilines is 2. The first-order chi connectivity index (χ1) is 15.6. The molecule has 2 N–H and O–H groups in total. The molecule has 0 atom stereocenters. The van der Waals surface area contributed by atoms with Crippen molar-refractivity contribution in [2.45, 2.75) is 13.0 Å². The molecule has 0 bridgehead atoms. The number of ether oxygens (including phenoxy) is 1. The van der Waals surface area contributed by atoms with Crippen molar-refractivity contribution in [3.8, 4) is 0 Å². The monoisotopic (exact) mass is 509 g/mol. The van der Waals surface area contributed by atoms with Gasteiger partial charge in [-0.3, -0.25) is 20.2 Å². The van der Waals surface area contributed by atoms with Gasteiger partial charge < -0.3 is 10.1 Å². The molecule has 0 saturated carbocycles. The largest absolute Gasteiger partial charge is 0.444 e. The Labute approximate surface area is 187 Å². The Morgan fingerprint density at radius 2 is 1.67 bits per heavy atom. The first kappa shape index (κ1) is 23.9. The van der Waals surface area contributed by atoms with Gasteiger partial charge in [0.2, 0.25) is 11.7 Å². The Bertz CT molecular complexity index is 1220. The van der Waals surface area contributed by atoms with Crippen molar-refractivity contribution in [3.63, 3.8) is 0 Å². The third-order valence-corrected chi connectivity index (χ3v) is 5.34. The van der Waals surface area contributed by atoms with E-state index in [9.17, 15) is 41.7 Å². The van der Waals surface area contributed by atoms with E-state index in [0.717, 1.165) is 17.5 Å². The molecule has 2 aromatic heterocycles. The van der Waals surface area contributed by atoms with E-state index in [1.165, 1.54) is 5.38 Å². The zero-order chi connectivity index (χ0) is 24.3. The number of hydrogen-bond acceptors (Lipinski definition) is 9. The molecule has 0 aliphatic heterocycles.